The summed E-state index contributed by atoms with van der Waals surface area (Å²) in [5, 5.41) is 8.62. The van der Waals surface area contributed by atoms with E-state index in [0.717, 1.165) is 6.26 Å². The van der Waals surface area contributed by atoms with Crippen LogP contribution in [0.1, 0.15) is 12.5 Å². The minimum Gasteiger partial charge on any atom is -0.224 e. The third kappa shape index (κ3) is 2.93. The van der Waals surface area contributed by atoms with Crippen LogP contribution in [0.25, 0.3) is 6.08 Å². The van der Waals surface area contributed by atoms with Crippen molar-refractivity contribution in [3.8, 4) is 6.07 Å². The zero-order valence-corrected chi connectivity index (χ0v) is 9.38. The van der Waals surface area contributed by atoms with E-state index in [1.54, 1.807) is 31.2 Å². The van der Waals surface area contributed by atoms with E-state index in [1.165, 1.54) is 6.07 Å². The second-order valence-electron chi connectivity index (χ2n) is 3.25. The van der Waals surface area contributed by atoms with Gasteiger partial charge in [0.2, 0.25) is 0 Å². The average Bonchev–Trinajstić information content (AvgIpc) is 2.17. The third-order valence-corrected chi connectivity index (χ3v) is 3.04. The van der Waals surface area contributed by atoms with Gasteiger partial charge < -0.3 is 0 Å². The van der Waals surface area contributed by atoms with E-state index in [2.05, 4.69) is 0 Å². The summed E-state index contributed by atoms with van der Waals surface area (Å²) in [4.78, 5) is 0.250. The van der Waals surface area contributed by atoms with E-state index >= 15 is 0 Å². The average molecular weight is 221 g/mol. The smallest absolute Gasteiger partial charge is 0.176 e. The summed E-state index contributed by atoms with van der Waals surface area (Å²) in [7, 11) is -3.24. The Balaban J connectivity index is 3.40. The van der Waals surface area contributed by atoms with Crippen molar-refractivity contribution in [2.45, 2.75) is 11.8 Å². The van der Waals surface area contributed by atoms with Gasteiger partial charge >= 0.3 is 0 Å². The fourth-order valence-electron chi connectivity index (χ4n) is 1.20. The SMILES string of the molecule is C/C(C#N)=C\c1ccccc1S(C)(=O)=O. The van der Waals surface area contributed by atoms with Crippen molar-refractivity contribution in [3.05, 3.63) is 35.4 Å². The molecule has 1 aromatic rings. The molecule has 0 saturated heterocycles. The van der Waals surface area contributed by atoms with Gasteiger partial charge in [-0.3, -0.25) is 0 Å². The highest BCUT2D eigenvalue weighted by atomic mass is 32.2. The zero-order chi connectivity index (χ0) is 11.5. The highest BCUT2D eigenvalue weighted by Gasteiger charge is 2.10. The Morgan fingerprint density at radius 2 is 2.00 bits per heavy atom. The lowest BCUT2D eigenvalue weighted by Gasteiger charge is -2.02. The maximum Gasteiger partial charge on any atom is 0.176 e. The lowest BCUT2D eigenvalue weighted by molar-refractivity contribution is 0.601. The number of benzene rings is 1. The Bertz CT molecular complexity index is 536. The molecule has 0 aliphatic carbocycles. The summed E-state index contributed by atoms with van der Waals surface area (Å²) < 4.78 is 22.8. The molecule has 0 aliphatic rings. The Morgan fingerprint density at radius 1 is 1.40 bits per heavy atom. The molecule has 78 valence electrons. The number of nitriles is 1. The molecule has 0 unspecified atom stereocenters. The van der Waals surface area contributed by atoms with Crippen LogP contribution in [0.3, 0.4) is 0 Å². The Hall–Kier alpha value is -1.60. The van der Waals surface area contributed by atoms with Crippen LogP contribution in [-0.4, -0.2) is 14.7 Å². The number of hydrogen-bond acceptors (Lipinski definition) is 3. The summed E-state index contributed by atoms with van der Waals surface area (Å²) in [5.74, 6) is 0. The molecule has 0 amide bonds. The van der Waals surface area contributed by atoms with Crippen molar-refractivity contribution in [3.63, 3.8) is 0 Å². The van der Waals surface area contributed by atoms with Crippen molar-refractivity contribution < 1.29 is 8.42 Å². The molecule has 0 heterocycles. The number of hydrogen-bond donors (Lipinski definition) is 0. The van der Waals surface area contributed by atoms with E-state index in [0.29, 0.717) is 11.1 Å². The molecule has 0 radical (unpaired) electrons. The molecule has 0 atom stereocenters. The molecule has 0 fully saturated rings. The summed E-state index contributed by atoms with van der Waals surface area (Å²) in [5.41, 5.74) is 1.03. The second-order valence-corrected chi connectivity index (χ2v) is 5.23. The topological polar surface area (TPSA) is 57.9 Å². The molecule has 1 rings (SSSR count). The molecular formula is C11H11NO2S. The summed E-state index contributed by atoms with van der Waals surface area (Å²) in [6.45, 7) is 1.64. The molecule has 3 nitrogen and oxygen atoms in total. The molecule has 0 saturated carbocycles. The number of sulfone groups is 1. The number of allylic oxidation sites excluding steroid dienone is 1. The van der Waals surface area contributed by atoms with Crippen LogP contribution in [0.5, 0.6) is 0 Å². The largest absolute Gasteiger partial charge is 0.224 e. The van der Waals surface area contributed by atoms with Crippen LogP contribution in [0.2, 0.25) is 0 Å². The van der Waals surface area contributed by atoms with Gasteiger partial charge in [-0.1, -0.05) is 18.2 Å². The van der Waals surface area contributed by atoms with E-state index in [-0.39, 0.29) is 4.90 Å². The van der Waals surface area contributed by atoms with Gasteiger partial charge in [0.25, 0.3) is 0 Å². The molecule has 15 heavy (non-hydrogen) atoms. The number of nitrogens with zero attached hydrogens (tertiary/aromatic N) is 1. The van der Waals surface area contributed by atoms with Crippen LogP contribution < -0.4 is 0 Å². The maximum atomic E-state index is 11.4. The van der Waals surface area contributed by atoms with Gasteiger partial charge in [0.15, 0.2) is 9.84 Å². The fourth-order valence-corrected chi connectivity index (χ4v) is 2.08. The summed E-state index contributed by atoms with van der Waals surface area (Å²) in [6, 6.07) is 8.57. The molecule has 4 heteroatoms. The Kier molecular flexibility index (Phi) is 3.28. The number of rotatable bonds is 2. The van der Waals surface area contributed by atoms with Crippen LogP contribution in [-0.2, 0) is 9.84 Å². The second kappa shape index (κ2) is 4.28. The van der Waals surface area contributed by atoms with Crippen molar-refractivity contribution in [1.29, 1.82) is 5.26 Å². The van der Waals surface area contributed by atoms with Gasteiger partial charge in [0, 0.05) is 11.8 Å². The van der Waals surface area contributed by atoms with E-state index in [1.807, 2.05) is 6.07 Å². The van der Waals surface area contributed by atoms with Crippen molar-refractivity contribution >= 4 is 15.9 Å². The van der Waals surface area contributed by atoms with Crippen LogP contribution in [0.15, 0.2) is 34.7 Å². The quantitative estimate of drug-likeness (QED) is 0.718. The zero-order valence-electron chi connectivity index (χ0n) is 8.56. The van der Waals surface area contributed by atoms with Crippen LogP contribution >= 0.6 is 0 Å². The molecule has 0 N–H and O–H groups in total. The molecule has 0 spiro atoms. The molecule has 0 aromatic heterocycles. The van der Waals surface area contributed by atoms with Crippen molar-refractivity contribution in [1.82, 2.24) is 0 Å². The van der Waals surface area contributed by atoms with Gasteiger partial charge in [-0.15, -0.1) is 0 Å². The third-order valence-electron chi connectivity index (χ3n) is 1.87. The molecule has 1 aromatic carbocycles. The normalized spacial score (nSPS) is 12.2. The van der Waals surface area contributed by atoms with E-state index < -0.39 is 9.84 Å². The molecular weight excluding hydrogens is 210 g/mol. The van der Waals surface area contributed by atoms with Crippen molar-refractivity contribution in [2.24, 2.45) is 0 Å². The summed E-state index contributed by atoms with van der Waals surface area (Å²) in [6.07, 6.45) is 2.72. The first kappa shape index (κ1) is 11.5. The lowest BCUT2D eigenvalue weighted by Crippen LogP contribution is -1.99. The first-order valence-electron chi connectivity index (χ1n) is 4.32. The van der Waals surface area contributed by atoms with Crippen LogP contribution in [0, 0.1) is 11.3 Å². The van der Waals surface area contributed by atoms with Gasteiger partial charge in [-0.05, 0) is 24.6 Å². The van der Waals surface area contributed by atoms with E-state index in [4.69, 9.17) is 5.26 Å². The first-order chi connectivity index (χ1) is 6.95. The minimum atomic E-state index is -3.24. The fraction of sp³-hybridized carbons (Fsp3) is 0.182. The minimum absolute atomic E-state index is 0.250. The summed E-state index contributed by atoms with van der Waals surface area (Å²) >= 11 is 0. The van der Waals surface area contributed by atoms with Crippen LogP contribution in [0.4, 0.5) is 0 Å². The molecule has 0 bridgehead atoms. The van der Waals surface area contributed by atoms with E-state index in [9.17, 15) is 8.42 Å². The highest BCUT2D eigenvalue weighted by Crippen LogP contribution is 2.17. The Morgan fingerprint density at radius 3 is 2.53 bits per heavy atom. The Labute approximate surface area is 89.6 Å². The van der Waals surface area contributed by atoms with Gasteiger partial charge in [0.05, 0.1) is 11.0 Å². The monoisotopic (exact) mass is 221 g/mol. The first-order valence-corrected chi connectivity index (χ1v) is 6.22. The van der Waals surface area contributed by atoms with Gasteiger partial charge in [-0.2, -0.15) is 5.26 Å². The predicted octanol–water partition coefficient (Wildman–Crippen LogP) is 2.02. The predicted molar refractivity (Wildman–Crippen MR) is 58.8 cm³/mol. The maximum absolute atomic E-state index is 11.4. The molecule has 0 aliphatic heterocycles. The highest BCUT2D eigenvalue weighted by molar-refractivity contribution is 7.90. The van der Waals surface area contributed by atoms with Crippen molar-refractivity contribution in [2.75, 3.05) is 6.26 Å². The lowest BCUT2D eigenvalue weighted by atomic mass is 10.1. The standard InChI is InChI=1S/C11H11NO2S/c1-9(8-12)7-10-5-3-4-6-11(10)15(2,13)14/h3-7H,1-2H3/b9-7+. The van der Waals surface area contributed by atoms with Gasteiger partial charge in [0.1, 0.15) is 0 Å². The van der Waals surface area contributed by atoms with Gasteiger partial charge in [-0.25, -0.2) is 8.42 Å².